The first kappa shape index (κ1) is 21.1. The standard InChI is InChI=1S/C15H18N4O6S/c1-10(2)18-15(22)19-13(20)9-25-14(21)8-17-26(23,24)12-5-3-11(7-16)4-6-12/h3-6,10,17H,8-9H2,1-2H3,(H2,18,19,20,22). The lowest BCUT2D eigenvalue weighted by Gasteiger charge is -2.10. The molecule has 0 unspecified atom stereocenters. The summed E-state index contributed by atoms with van der Waals surface area (Å²) in [6, 6.07) is 6.01. The van der Waals surface area contributed by atoms with Gasteiger partial charge in [-0.2, -0.15) is 9.98 Å². The van der Waals surface area contributed by atoms with E-state index in [1.807, 2.05) is 16.1 Å². The van der Waals surface area contributed by atoms with E-state index in [1.54, 1.807) is 13.8 Å². The monoisotopic (exact) mass is 382 g/mol. The molecule has 10 nitrogen and oxygen atoms in total. The Labute approximate surface area is 150 Å². The highest BCUT2D eigenvalue weighted by molar-refractivity contribution is 7.89. The molecule has 0 aromatic heterocycles. The van der Waals surface area contributed by atoms with E-state index in [2.05, 4.69) is 10.1 Å². The SMILES string of the molecule is CC(C)NC(=O)NC(=O)COC(=O)CNS(=O)(=O)c1ccc(C#N)cc1. The molecule has 0 atom stereocenters. The fourth-order valence-corrected chi connectivity index (χ4v) is 2.57. The number of sulfonamides is 1. The van der Waals surface area contributed by atoms with E-state index >= 15 is 0 Å². The average molecular weight is 382 g/mol. The minimum atomic E-state index is -3.98. The van der Waals surface area contributed by atoms with Gasteiger partial charge in [0.05, 0.1) is 16.5 Å². The Morgan fingerprint density at radius 3 is 2.35 bits per heavy atom. The van der Waals surface area contributed by atoms with Crippen molar-refractivity contribution in [2.24, 2.45) is 0 Å². The van der Waals surface area contributed by atoms with Crippen molar-refractivity contribution in [2.45, 2.75) is 24.8 Å². The molecule has 0 aliphatic heterocycles. The lowest BCUT2D eigenvalue weighted by Crippen LogP contribution is -2.44. The fraction of sp³-hybridized carbons (Fsp3) is 0.333. The number of rotatable bonds is 7. The first-order chi connectivity index (χ1) is 12.1. The van der Waals surface area contributed by atoms with Crippen molar-refractivity contribution in [2.75, 3.05) is 13.2 Å². The molecule has 3 amide bonds. The van der Waals surface area contributed by atoms with Gasteiger partial charge in [0.2, 0.25) is 10.0 Å². The summed E-state index contributed by atoms with van der Waals surface area (Å²) in [4.78, 5) is 34.1. The maximum absolute atomic E-state index is 12.0. The first-order valence-corrected chi connectivity index (χ1v) is 8.88. The second kappa shape index (κ2) is 9.50. The Kier molecular flexibility index (Phi) is 7.70. The Hall–Kier alpha value is -2.97. The van der Waals surface area contributed by atoms with Crippen LogP contribution in [0.2, 0.25) is 0 Å². The van der Waals surface area contributed by atoms with Crippen LogP contribution in [0.4, 0.5) is 4.79 Å². The van der Waals surface area contributed by atoms with Crippen LogP contribution in [0.1, 0.15) is 19.4 Å². The molecule has 0 radical (unpaired) electrons. The summed E-state index contributed by atoms with van der Waals surface area (Å²) in [7, 11) is -3.98. The third-order valence-electron chi connectivity index (χ3n) is 2.74. The van der Waals surface area contributed by atoms with Crippen molar-refractivity contribution in [3.63, 3.8) is 0 Å². The van der Waals surface area contributed by atoms with E-state index in [4.69, 9.17) is 5.26 Å². The number of nitriles is 1. The van der Waals surface area contributed by atoms with Crippen LogP contribution in [0.5, 0.6) is 0 Å². The average Bonchev–Trinajstić information content (AvgIpc) is 2.57. The maximum atomic E-state index is 12.0. The minimum Gasteiger partial charge on any atom is -0.455 e. The predicted molar refractivity (Wildman–Crippen MR) is 89.1 cm³/mol. The number of hydrogen-bond acceptors (Lipinski definition) is 7. The number of urea groups is 1. The van der Waals surface area contributed by atoms with Crippen molar-refractivity contribution >= 4 is 27.9 Å². The summed E-state index contributed by atoms with van der Waals surface area (Å²) >= 11 is 0. The third kappa shape index (κ3) is 7.29. The molecule has 1 aromatic carbocycles. The number of hydrogen-bond donors (Lipinski definition) is 3. The van der Waals surface area contributed by atoms with E-state index in [0.29, 0.717) is 0 Å². The van der Waals surface area contributed by atoms with Gasteiger partial charge in [-0.3, -0.25) is 14.9 Å². The van der Waals surface area contributed by atoms with E-state index in [0.717, 1.165) is 0 Å². The number of nitrogens with one attached hydrogen (secondary N) is 3. The van der Waals surface area contributed by atoms with Crippen molar-refractivity contribution < 1.29 is 27.5 Å². The summed E-state index contributed by atoms with van der Waals surface area (Å²) < 4.78 is 30.6. The van der Waals surface area contributed by atoms with Crippen LogP contribution in [-0.4, -0.2) is 45.5 Å². The molecule has 0 heterocycles. The van der Waals surface area contributed by atoms with Gasteiger partial charge in [-0.05, 0) is 38.1 Å². The molecule has 3 N–H and O–H groups in total. The quantitative estimate of drug-likeness (QED) is 0.543. The Balaban J connectivity index is 2.44. The molecule has 1 rings (SSSR count). The van der Waals surface area contributed by atoms with Crippen LogP contribution in [0.15, 0.2) is 29.2 Å². The molecule has 140 valence electrons. The van der Waals surface area contributed by atoms with E-state index < -0.39 is 41.1 Å². The second-order valence-electron chi connectivity index (χ2n) is 5.30. The fourth-order valence-electron chi connectivity index (χ4n) is 1.60. The molecule has 26 heavy (non-hydrogen) atoms. The van der Waals surface area contributed by atoms with Crippen LogP contribution < -0.4 is 15.4 Å². The van der Waals surface area contributed by atoms with Crippen LogP contribution in [0.25, 0.3) is 0 Å². The largest absolute Gasteiger partial charge is 0.455 e. The molecule has 0 aliphatic rings. The zero-order valence-electron chi connectivity index (χ0n) is 14.1. The summed E-state index contributed by atoms with van der Waals surface area (Å²) in [6.07, 6.45) is 0. The molecule has 0 bridgehead atoms. The van der Waals surface area contributed by atoms with Gasteiger partial charge in [0.15, 0.2) is 6.61 Å². The van der Waals surface area contributed by atoms with Gasteiger partial charge in [-0.1, -0.05) is 0 Å². The lowest BCUT2D eigenvalue weighted by atomic mass is 10.2. The highest BCUT2D eigenvalue weighted by atomic mass is 32.2. The molecule has 0 saturated heterocycles. The van der Waals surface area contributed by atoms with E-state index in [-0.39, 0.29) is 16.5 Å². The van der Waals surface area contributed by atoms with Crippen LogP contribution in [0, 0.1) is 11.3 Å². The van der Waals surface area contributed by atoms with Crippen molar-refractivity contribution in [1.29, 1.82) is 5.26 Å². The van der Waals surface area contributed by atoms with Crippen LogP contribution in [0.3, 0.4) is 0 Å². The normalized spacial score (nSPS) is 10.7. The maximum Gasteiger partial charge on any atom is 0.321 e. The third-order valence-corrected chi connectivity index (χ3v) is 4.15. The molecule has 11 heteroatoms. The number of nitrogens with zero attached hydrogens (tertiary/aromatic N) is 1. The van der Waals surface area contributed by atoms with Gasteiger partial charge in [0.1, 0.15) is 6.54 Å². The summed E-state index contributed by atoms with van der Waals surface area (Å²) in [6.45, 7) is 1.96. The number of ether oxygens (including phenoxy) is 1. The van der Waals surface area contributed by atoms with Gasteiger partial charge in [0.25, 0.3) is 5.91 Å². The number of imide groups is 1. The molecular weight excluding hydrogens is 364 g/mol. The number of amides is 3. The zero-order valence-corrected chi connectivity index (χ0v) is 14.9. The van der Waals surface area contributed by atoms with E-state index in [1.165, 1.54) is 24.3 Å². The number of carbonyl (C=O) groups is 3. The summed E-state index contributed by atoms with van der Waals surface area (Å²) in [5.74, 6) is -1.85. The number of benzene rings is 1. The van der Waals surface area contributed by atoms with Crippen molar-refractivity contribution in [1.82, 2.24) is 15.4 Å². The molecular formula is C15H18N4O6S. The van der Waals surface area contributed by atoms with Crippen LogP contribution in [-0.2, 0) is 24.3 Å². The highest BCUT2D eigenvalue weighted by Crippen LogP contribution is 2.09. The zero-order chi connectivity index (χ0) is 19.7. The topological polar surface area (TPSA) is 154 Å². The smallest absolute Gasteiger partial charge is 0.321 e. The molecule has 1 aromatic rings. The van der Waals surface area contributed by atoms with Gasteiger partial charge >= 0.3 is 12.0 Å². The second-order valence-corrected chi connectivity index (χ2v) is 7.06. The summed E-state index contributed by atoms with van der Waals surface area (Å²) in [5, 5.41) is 13.0. The van der Waals surface area contributed by atoms with E-state index in [9.17, 15) is 22.8 Å². The highest BCUT2D eigenvalue weighted by Gasteiger charge is 2.17. The van der Waals surface area contributed by atoms with Gasteiger partial charge in [0, 0.05) is 6.04 Å². The minimum absolute atomic E-state index is 0.132. The predicted octanol–water partition coefficient (Wildman–Crippen LogP) is -0.386. The molecule has 0 aliphatic carbocycles. The number of carbonyl (C=O) groups excluding carboxylic acids is 3. The van der Waals surface area contributed by atoms with Gasteiger partial charge in [-0.15, -0.1) is 0 Å². The van der Waals surface area contributed by atoms with Crippen molar-refractivity contribution in [3.8, 4) is 6.07 Å². The Morgan fingerprint density at radius 2 is 1.81 bits per heavy atom. The van der Waals surface area contributed by atoms with Gasteiger partial charge in [-0.25, -0.2) is 13.2 Å². The van der Waals surface area contributed by atoms with Crippen LogP contribution >= 0.6 is 0 Å². The Bertz CT molecular complexity index is 812. The van der Waals surface area contributed by atoms with Gasteiger partial charge < -0.3 is 10.1 Å². The lowest BCUT2D eigenvalue weighted by molar-refractivity contribution is -0.147. The molecule has 0 saturated carbocycles. The first-order valence-electron chi connectivity index (χ1n) is 7.40. The molecule has 0 fully saturated rings. The Morgan fingerprint density at radius 1 is 1.19 bits per heavy atom. The summed E-state index contributed by atoms with van der Waals surface area (Å²) in [5.41, 5.74) is 0.288. The van der Waals surface area contributed by atoms with Crippen molar-refractivity contribution in [3.05, 3.63) is 29.8 Å². The number of esters is 1. The molecule has 0 spiro atoms.